The van der Waals surface area contributed by atoms with Crippen LogP contribution in [-0.4, -0.2) is 10.9 Å². The van der Waals surface area contributed by atoms with Gasteiger partial charge in [-0.25, -0.2) is 0 Å². The fourth-order valence-corrected chi connectivity index (χ4v) is 2.59. The molecule has 1 aromatic carbocycles. The van der Waals surface area contributed by atoms with Crippen LogP contribution in [0, 0.1) is 18.8 Å². The van der Waals surface area contributed by atoms with Crippen LogP contribution in [0.25, 0.3) is 0 Å². The first-order chi connectivity index (χ1) is 8.84. The van der Waals surface area contributed by atoms with Gasteiger partial charge in [0.2, 0.25) is 5.91 Å². The van der Waals surface area contributed by atoms with E-state index < -0.39 is 5.92 Å². The molecule has 1 amide bonds. The lowest BCUT2D eigenvalue weighted by molar-refractivity contribution is -0.124. The van der Waals surface area contributed by atoms with Gasteiger partial charge in [-0.15, -0.1) is 0 Å². The Labute approximate surface area is 120 Å². The Hall–Kier alpha value is -1.42. The number of amides is 1. The Bertz CT molecular complexity index is 471. The first-order valence-electron chi connectivity index (χ1n) is 6.49. The van der Waals surface area contributed by atoms with E-state index in [1.54, 1.807) is 0 Å². The SMILES string of the molecule is Cc1ccccc1C(C)NC(=O)C(C(N)=S)C(C)C. The molecule has 0 spiro atoms. The molecule has 0 fully saturated rings. The summed E-state index contributed by atoms with van der Waals surface area (Å²) in [6, 6.07) is 7.96. The summed E-state index contributed by atoms with van der Waals surface area (Å²) in [5.74, 6) is -0.415. The molecule has 0 aromatic heterocycles. The highest BCUT2D eigenvalue weighted by molar-refractivity contribution is 7.80. The maximum Gasteiger partial charge on any atom is 0.230 e. The number of aryl methyl sites for hydroxylation is 1. The lowest BCUT2D eigenvalue weighted by atomic mass is 9.94. The molecule has 0 bridgehead atoms. The van der Waals surface area contributed by atoms with Crippen LogP contribution in [0.5, 0.6) is 0 Å². The van der Waals surface area contributed by atoms with E-state index in [2.05, 4.69) is 5.32 Å². The van der Waals surface area contributed by atoms with E-state index >= 15 is 0 Å². The standard InChI is InChI=1S/C15H22N2OS/c1-9(2)13(14(16)19)15(18)17-11(4)12-8-6-5-7-10(12)3/h5-9,11,13H,1-4H3,(H2,16,19)(H,17,18). The summed E-state index contributed by atoms with van der Waals surface area (Å²) in [7, 11) is 0. The molecule has 3 N–H and O–H groups in total. The number of carbonyl (C=O) groups is 1. The van der Waals surface area contributed by atoms with E-state index in [9.17, 15) is 4.79 Å². The van der Waals surface area contributed by atoms with Crippen LogP contribution in [0.1, 0.15) is 37.9 Å². The Morgan fingerprint density at radius 3 is 2.32 bits per heavy atom. The van der Waals surface area contributed by atoms with Crippen molar-refractivity contribution in [3.8, 4) is 0 Å². The van der Waals surface area contributed by atoms with Crippen molar-refractivity contribution in [2.24, 2.45) is 17.6 Å². The molecule has 0 aliphatic heterocycles. The number of thiocarbonyl (C=S) groups is 1. The van der Waals surface area contributed by atoms with Crippen LogP contribution in [0.3, 0.4) is 0 Å². The molecule has 0 aliphatic rings. The molecular weight excluding hydrogens is 256 g/mol. The number of benzene rings is 1. The Morgan fingerprint density at radius 2 is 1.84 bits per heavy atom. The van der Waals surface area contributed by atoms with E-state index in [4.69, 9.17) is 18.0 Å². The van der Waals surface area contributed by atoms with Crippen LogP contribution in [0.15, 0.2) is 24.3 Å². The molecule has 2 unspecified atom stereocenters. The Balaban J connectivity index is 2.82. The van der Waals surface area contributed by atoms with E-state index in [1.165, 1.54) is 0 Å². The molecule has 0 aliphatic carbocycles. The molecule has 1 rings (SSSR count). The van der Waals surface area contributed by atoms with Gasteiger partial charge in [-0.05, 0) is 30.9 Å². The number of rotatable bonds is 5. The van der Waals surface area contributed by atoms with Crippen molar-refractivity contribution in [3.63, 3.8) is 0 Å². The fourth-order valence-electron chi connectivity index (χ4n) is 2.21. The largest absolute Gasteiger partial charge is 0.393 e. The molecule has 0 radical (unpaired) electrons. The smallest absolute Gasteiger partial charge is 0.230 e. The summed E-state index contributed by atoms with van der Waals surface area (Å²) in [6.07, 6.45) is 0. The summed E-state index contributed by atoms with van der Waals surface area (Å²) < 4.78 is 0. The maximum atomic E-state index is 12.2. The first-order valence-corrected chi connectivity index (χ1v) is 6.90. The zero-order chi connectivity index (χ0) is 14.6. The van der Waals surface area contributed by atoms with Crippen molar-refractivity contribution >= 4 is 23.1 Å². The Morgan fingerprint density at radius 1 is 1.26 bits per heavy atom. The van der Waals surface area contributed by atoms with Crippen molar-refractivity contribution in [1.29, 1.82) is 0 Å². The van der Waals surface area contributed by atoms with Gasteiger partial charge in [-0.3, -0.25) is 4.79 Å². The molecular formula is C15H22N2OS. The fraction of sp³-hybridized carbons (Fsp3) is 0.467. The second-order valence-electron chi connectivity index (χ2n) is 5.21. The van der Waals surface area contributed by atoms with Gasteiger partial charge in [0.25, 0.3) is 0 Å². The number of hydrogen-bond acceptors (Lipinski definition) is 2. The van der Waals surface area contributed by atoms with Gasteiger partial charge in [-0.1, -0.05) is 50.3 Å². The van der Waals surface area contributed by atoms with Crippen molar-refractivity contribution in [2.75, 3.05) is 0 Å². The summed E-state index contributed by atoms with van der Waals surface area (Å²) in [6.45, 7) is 7.90. The predicted molar refractivity (Wildman–Crippen MR) is 82.9 cm³/mol. The minimum atomic E-state index is -0.415. The molecule has 0 saturated heterocycles. The molecule has 1 aromatic rings. The van der Waals surface area contributed by atoms with Crippen LogP contribution < -0.4 is 11.1 Å². The summed E-state index contributed by atoms with van der Waals surface area (Å²) >= 11 is 4.98. The van der Waals surface area contributed by atoms with Crippen LogP contribution in [0.4, 0.5) is 0 Å². The third-order valence-electron chi connectivity index (χ3n) is 3.27. The molecule has 4 heteroatoms. The quantitative estimate of drug-likeness (QED) is 0.814. The number of hydrogen-bond donors (Lipinski definition) is 2. The van der Waals surface area contributed by atoms with Crippen molar-refractivity contribution in [1.82, 2.24) is 5.32 Å². The number of nitrogens with one attached hydrogen (secondary N) is 1. The van der Waals surface area contributed by atoms with Crippen molar-refractivity contribution in [3.05, 3.63) is 35.4 Å². The topological polar surface area (TPSA) is 55.1 Å². The Kier molecular flexibility index (Phi) is 5.48. The molecule has 3 nitrogen and oxygen atoms in total. The molecule has 19 heavy (non-hydrogen) atoms. The van der Waals surface area contributed by atoms with Gasteiger partial charge in [0, 0.05) is 0 Å². The second-order valence-corrected chi connectivity index (χ2v) is 5.68. The minimum absolute atomic E-state index is 0.0516. The minimum Gasteiger partial charge on any atom is -0.393 e. The average Bonchev–Trinajstić information content (AvgIpc) is 2.27. The third kappa shape index (κ3) is 4.03. The molecule has 0 heterocycles. The third-order valence-corrected chi connectivity index (χ3v) is 3.52. The lowest BCUT2D eigenvalue weighted by Gasteiger charge is -2.23. The zero-order valence-corrected chi connectivity index (χ0v) is 12.8. The van der Waals surface area contributed by atoms with E-state index in [0.717, 1.165) is 11.1 Å². The monoisotopic (exact) mass is 278 g/mol. The summed E-state index contributed by atoms with van der Waals surface area (Å²) in [5, 5.41) is 2.99. The molecule has 104 valence electrons. The van der Waals surface area contributed by atoms with Gasteiger partial charge in [0.15, 0.2) is 0 Å². The first kappa shape index (κ1) is 15.6. The van der Waals surface area contributed by atoms with Gasteiger partial charge in [0.1, 0.15) is 0 Å². The highest BCUT2D eigenvalue weighted by atomic mass is 32.1. The van der Waals surface area contributed by atoms with Crippen molar-refractivity contribution < 1.29 is 4.79 Å². The normalized spacial score (nSPS) is 13.9. The van der Waals surface area contributed by atoms with E-state index in [0.29, 0.717) is 0 Å². The van der Waals surface area contributed by atoms with Gasteiger partial charge in [-0.2, -0.15) is 0 Å². The van der Waals surface area contributed by atoms with Crippen molar-refractivity contribution in [2.45, 2.75) is 33.7 Å². The number of carbonyl (C=O) groups excluding carboxylic acids is 1. The molecule has 2 atom stereocenters. The van der Waals surface area contributed by atoms with Gasteiger partial charge in [0.05, 0.1) is 16.9 Å². The highest BCUT2D eigenvalue weighted by Crippen LogP contribution is 2.19. The number of nitrogens with two attached hydrogens (primary N) is 1. The highest BCUT2D eigenvalue weighted by Gasteiger charge is 2.26. The van der Waals surface area contributed by atoms with E-state index in [1.807, 2.05) is 52.0 Å². The van der Waals surface area contributed by atoms with Crippen LogP contribution in [-0.2, 0) is 4.79 Å². The molecule has 0 saturated carbocycles. The van der Waals surface area contributed by atoms with Crippen LogP contribution in [0.2, 0.25) is 0 Å². The van der Waals surface area contributed by atoms with Gasteiger partial charge < -0.3 is 11.1 Å². The lowest BCUT2D eigenvalue weighted by Crippen LogP contribution is -2.41. The van der Waals surface area contributed by atoms with Gasteiger partial charge >= 0.3 is 0 Å². The van der Waals surface area contributed by atoms with E-state index in [-0.39, 0.29) is 22.9 Å². The maximum absolute atomic E-state index is 12.2. The zero-order valence-electron chi connectivity index (χ0n) is 11.9. The summed E-state index contributed by atoms with van der Waals surface area (Å²) in [4.78, 5) is 12.5. The predicted octanol–water partition coefficient (Wildman–Crippen LogP) is 2.73. The summed E-state index contributed by atoms with van der Waals surface area (Å²) in [5.41, 5.74) is 7.92. The second kappa shape index (κ2) is 6.66. The van der Waals surface area contributed by atoms with Crippen LogP contribution >= 0.6 is 12.2 Å². The average molecular weight is 278 g/mol.